The summed E-state index contributed by atoms with van der Waals surface area (Å²) in [5, 5.41) is 0.581. The zero-order valence-electron chi connectivity index (χ0n) is 23.1. The van der Waals surface area contributed by atoms with Crippen molar-refractivity contribution in [1.29, 1.82) is 0 Å². The number of esters is 1. The van der Waals surface area contributed by atoms with Gasteiger partial charge in [-0.2, -0.15) is 0 Å². The number of fused-ring (bicyclic) bond motifs is 2. The van der Waals surface area contributed by atoms with E-state index in [2.05, 4.69) is 15.9 Å². The van der Waals surface area contributed by atoms with Crippen molar-refractivity contribution in [3.63, 3.8) is 0 Å². The molecule has 1 saturated heterocycles. The number of hydrogen-bond donors (Lipinski definition) is 0. The van der Waals surface area contributed by atoms with E-state index < -0.39 is 12.6 Å². The zero-order valence-corrected chi connectivity index (χ0v) is 24.7. The van der Waals surface area contributed by atoms with Gasteiger partial charge in [-0.25, -0.2) is 9.78 Å². The van der Waals surface area contributed by atoms with Gasteiger partial charge >= 0.3 is 5.97 Å². The summed E-state index contributed by atoms with van der Waals surface area (Å²) in [6, 6.07) is 19.5. The first-order valence-corrected chi connectivity index (χ1v) is 14.5. The maximum atomic E-state index is 13.3. The highest BCUT2D eigenvalue weighted by atomic mass is 79.9. The number of allylic oxidation sites excluding steroid dienone is 2. The van der Waals surface area contributed by atoms with Crippen molar-refractivity contribution >= 4 is 56.1 Å². The quantitative estimate of drug-likeness (QED) is 0.102. The number of anilines is 1. The van der Waals surface area contributed by atoms with Crippen LogP contribution in [0.1, 0.15) is 44.7 Å². The molecule has 4 aromatic rings. The number of rotatable bonds is 6. The highest BCUT2D eigenvalue weighted by molar-refractivity contribution is 9.10. The van der Waals surface area contributed by atoms with Crippen LogP contribution in [0.2, 0.25) is 0 Å². The van der Waals surface area contributed by atoms with Crippen molar-refractivity contribution < 1.29 is 23.9 Å². The maximum Gasteiger partial charge on any atom is 0.339 e. The molecule has 42 heavy (non-hydrogen) atoms. The zero-order chi connectivity index (χ0) is 29.5. The molecule has 0 bridgehead atoms. The minimum absolute atomic E-state index is 0.170. The number of carbonyl (C=O) groups is 4. The number of ketones is 1. The monoisotopic (exact) mass is 622 g/mol. The Labute approximate surface area is 251 Å². The number of imide groups is 1. The van der Waals surface area contributed by atoms with Gasteiger partial charge in [-0.1, -0.05) is 52.3 Å². The molecule has 210 valence electrons. The van der Waals surface area contributed by atoms with E-state index in [-0.39, 0.29) is 35.0 Å². The summed E-state index contributed by atoms with van der Waals surface area (Å²) in [5.74, 6) is -1.88. The van der Waals surface area contributed by atoms with Crippen LogP contribution >= 0.6 is 15.9 Å². The molecule has 2 atom stereocenters. The van der Waals surface area contributed by atoms with E-state index >= 15 is 0 Å². The number of Topliss-reactive ketones (excluding diaryl/α,β-unsaturated/α-hetero) is 1. The minimum Gasteiger partial charge on any atom is -0.454 e. The Morgan fingerprint density at radius 1 is 0.881 bits per heavy atom. The van der Waals surface area contributed by atoms with Gasteiger partial charge in [0, 0.05) is 21.0 Å². The van der Waals surface area contributed by atoms with Gasteiger partial charge in [-0.15, -0.1) is 0 Å². The van der Waals surface area contributed by atoms with Crippen LogP contribution in [0.4, 0.5) is 5.69 Å². The first kappa shape index (κ1) is 27.7. The molecule has 1 aliphatic carbocycles. The Kier molecular flexibility index (Phi) is 7.33. The number of nitrogens with zero attached hydrogens (tertiary/aromatic N) is 2. The number of ether oxygens (including phenoxy) is 1. The molecule has 2 unspecified atom stereocenters. The Bertz CT molecular complexity index is 1790. The van der Waals surface area contributed by atoms with Crippen LogP contribution in [0.5, 0.6) is 0 Å². The van der Waals surface area contributed by atoms with E-state index in [0.717, 1.165) is 15.6 Å². The van der Waals surface area contributed by atoms with Gasteiger partial charge in [0.15, 0.2) is 12.4 Å². The number of halogens is 1. The van der Waals surface area contributed by atoms with Crippen LogP contribution in [-0.4, -0.2) is 35.2 Å². The third kappa shape index (κ3) is 5.07. The number of aryl methyl sites for hydroxylation is 2. The fraction of sp³-hybridized carbons (Fsp3) is 0.206. The second-order valence-electron chi connectivity index (χ2n) is 10.7. The summed E-state index contributed by atoms with van der Waals surface area (Å²) >= 11 is 3.46. The SMILES string of the molecule is Cc1ccc(C(=O)COC(=O)c2cc(-c3ccc(N4C(=O)C5CC=CCC5C4=O)cc3)nc3ccc(Br)cc23)cc1C. The molecular formula is C34H27BrN2O5. The molecule has 7 nitrogen and oxygen atoms in total. The molecule has 0 saturated carbocycles. The van der Waals surface area contributed by atoms with Crippen LogP contribution in [0, 0.1) is 25.7 Å². The Balaban J connectivity index is 1.28. The maximum absolute atomic E-state index is 13.3. The fourth-order valence-electron chi connectivity index (χ4n) is 5.56. The summed E-state index contributed by atoms with van der Waals surface area (Å²) in [4.78, 5) is 58.2. The van der Waals surface area contributed by atoms with Crippen molar-refractivity contribution in [2.45, 2.75) is 26.7 Å². The lowest BCUT2D eigenvalue weighted by molar-refractivity contribution is -0.122. The molecular weight excluding hydrogens is 596 g/mol. The van der Waals surface area contributed by atoms with Crippen LogP contribution in [-0.2, 0) is 14.3 Å². The van der Waals surface area contributed by atoms with Crippen LogP contribution in [0.15, 0.2) is 83.4 Å². The Hall–Kier alpha value is -4.43. The smallest absolute Gasteiger partial charge is 0.339 e. The molecule has 2 aliphatic rings. The summed E-state index contributed by atoms with van der Waals surface area (Å²) in [5.41, 5.74) is 5.12. The number of amides is 2. The van der Waals surface area contributed by atoms with E-state index in [4.69, 9.17) is 9.72 Å². The van der Waals surface area contributed by atoms with E-state index in [1.165, 1.54) is 4.90 Å². The van der Waals surface area contributed by atoms with Gasteiger partial charge in [-0.3, -0.25) is 19.3 Å². The molecule has 6 rings (SSSR count). The Morgan fingerprint density at radius 2 is 1.57 bits per heavy atom. The van der Waals surface area contributed by atoms with Crippen molar-refractivity contribution in [2.75, 3.05) is 11.5 Å². The topological polar surface area (TPSA) is 93.6 Å². The highest BCUT2D eigenvalue weighted by Gasteiger charge is 2.47. The van der Waals surface area contributed by atoms with E-state index in [9.17, 15) is 19.2 Å². The number of benzene rings is 3. The van der Waals surface area contributed by atoms with Gasteiger partial charge in [0.25, 0.3) is 0 Å². The van der Waals surface area contributed by atoms with Crippen molar-refractivity contribution in [3.8, 4) is 11.3 Å². The van der Waals surface area contributed by atoms with Crippen LogP contribution in [0.25, 0.3) is 22.2 Å². The standard InChI is InChI=1S/C34H27BrN2O5/c1-19-7-8-22(15-20(19)2)31(38)18-42-34(41)28-17-30(36-29-14-11-23(35)16-27(28)29)21-9-12-24(13-10-21)37-32(39)25-5-3-4-6-26(25)33(37)40/h3-4,7-17,25-26H,5-6,18H2,1-2H3. The molecule has 2 amide bonds. The van der Waals surface area contributed by atoms with Crippen molar-refractivity contribution in [2.24, 2.45) is 11.8 Å². The van der Waals surface area contributed by atoms with Gasteiger partial charge < -0.3 is 4.74 Å². The molecule has 0 spiro atoms. The minimum atomic E-state index is -0.639. The Morgan fingerprint density at radius 3 is 2.24 bits per heavy atom. The van der Waals surface area contributed by atoms with Crippen LogP contribution < -0.4 is 4.90 Å². The van der Waals surface area contributed by atoms with Crippen LogP contribution in [0.3, 0.4) is 0 Å². The number of pyridine rings is 1. The molecule has 2 heterocycles. The normalized spacial score (nSPS) is 17.9. The molecule has 0 radical (unpaired) electrons. The summed E-state index contributed by atoms with van der Waals surface area (Å²) in [6.07, 6.45) is 5.09. The van der Waals surface area contributed by atoms with Gasteiger partial charge in [0.2, 0.25) is 11.8 Å². The average Bonchev–Trinajstić information content (AvgIpc) is 3.26. The van der Waals surface area contributed by atoms with Gasteiger partial charge in [0.1, 0.15) is 0 Å². The first-order valence-electron chi connectivity index (χ1n) is 13.7. The first-order chi connectivity index (χ1) is 20.2. The van der Waals surface area contributed by atoms with E-state index in [1.54, 1.807) is 54.6 Å². The lowest BCUT2D eigenvalue weighted by Gasteiger charge is -2.15. The van der Waals surface area contributed by atoms with Gasteiger partial charge in [-0.05, 0) is 80.3 Å². The predicted octanol–water partition coefficient (Wildman–Crippen LogP) is 6.78. The lowest BCUT2D eigenvalue weighted by atomic mass is 9.85. The second kappa shape index (κ2) is 11.1. The van der Waals surface area contributed by atoms with E-state index in [1.807, 2.05) is 38.1 Å². The van der Waals surface area contributed by atoms with E-state index in [0.29, 0.717) is 46.3 Å². The largest absolute Gasteiger partial charge is 0.454 e. The molecule has 1 aromatic heterocycles. The van der Waals surface area contributed by atoms with Crippen molar-refractivity contribution in [3.05, 3.63) is 106 Å². The lowest BCUT2D eigenvalue weighted by Crippen LogP contribution is -2.30. The molecule has 8 heteroatoms. The number of aromatic nitrogens is 1. The highest BCUT2D eigenvalue weighted by Crippen LogP contribution is 2.38. The molecule has 0 N–H and O–H groups in total. The predicted molar refractivity (Wildman–Crippen MR) is 163 cm³/mol. The van der Waals surface area contributed by atoms with Crippen molar-refractivity contribution in [1.82, 2.24) is 4.98 Å². The number of hydrogen-bond acceptors (Lipinski definition) is 6. The third-order valence-corrected chi connectivity index (χ3v) is 8.58. The number of carbonyl (C=O) groups excluding carboxylic acids is 4. The second-order valence-corrected chi connectivity index (χ2v) is 11.6. The third-order valence-electron chi connectivity index (χ3n) is 8.08. The summed E-state index contributed by atoms with van der Waals surface area (Å²) in [6.45, 7) is 3.51. The molecule has 1 aliphatic heterocycles. The summed E-state index contributed by atoms with van der Waals surface area (Å²) < 4.78 is 6.26. The van der Waals surface area contributed by atoms with Gasteiger partial charge in [0.05, 0.1) is 34.3 Å². The summed E-state index contributed by atoms with van der Waals surface area (Å²) in [7, 11) is 0. The average molecular weight is 624 g/mol. The fourth-order valence-corrected chi connectivity index (χ4v) is 5.92. The molecule has 3 aromatic carbocycles. The molecule has 1 fully saturated rings.